The molecular weight excluding hydrogens is 463 g/mol. The summed E-state index contributed by atoms with van der Waals surface area (Å²) in [7, 11) is -1.57. The first kappa shape index (κ1) is 24.1. The first-order chi connectivity index (χ1) is 14.1. The third kappa shape index (κ3) is 7.27. The van der Waals surface area contributed by atoms with E-state index >= 15 is 0 Å². The average Bonchev–Trinajstić information content (AvgIpc) is 3.04. The maximum atomic E-state index is 12.6. The van der Waals surface area contributed by atoms with Crippen LogP contribution in [0.3, 0.4) is 0 Å². The summed E-state index contributed by atoms with van der Waals surface area (Å²) < 4.78 is 49.0. The first-order valence-corrected chi connectivity index (χ1v) is 11.3. The largest absolute Gasteiger partial charge is 0.619 e. The normalized spacial score (nSPS) is 12.4. The molecule has 0 aliphatic heterocycles. The highest BCUT2D eigenvalue weighted by atomic mass is 35.5. The molecule has 0 radical (unpaired) electrons. The van der Waals surface area contributed by atoms with Gasteiger partial charge in [0.15, 0.2) is 17.5 Å². The number of thiazole rings is 1. The number of hydrogen-bond donors (Lipinski definition) is 0. The number of anilines is 1. The van der Waals surface area contributed by atoms with E-state index in [1.54, 1.807) is 6.07 Å². The van der Waals surface area contributed by atoms with Crippen LogP contribution in [0.1, 0.15) is 19.3 Å². The van der Waals surface area contributed by atoms with Crippen LogP contribution in [0.15, 0.2) is 24.5 Å². The van der Waals surface area contributed by atoms with Crippen LogP contribution >= 0.6 is 22.9 Å². The molecule has 0 aromatic carbocycles. The second-order valence-corrected chi connectivity index (χ2v) is 9.10. The quantitative estimate of drug-likeness (QED) is 0.313. The van der Waals surface area contributed by atoms with Gasteiger partial charge in [-0.2, -0.15) is 17.9 Å². The lowest BCUT2D eigenvalue weighted by atomic mass is 10.3. The van der Waals surface area contributed by atoms with Gasteiger partial charge >= 0.3 is 6.18 Å². The molecule has 0 spiro atoms. The molecule has 0 aliphatic rings. The fourth-order valence-corrected chi connectivity index (χ4v) is 4.79. The number of pyridine rings is 1. The Bertz CT molecular complexity index is 960. The summed E-state index contributed by atoms with van der Waals surface area (Å²) in [6.07, 6.45) is 2.20. The van der Waals surface area contributed by atoms with Crippen molar-refractivity contribution in [3.8, 4) is 22.9 Å². The fourth-order valence-electron chi connectivity index (χ4n) is 2.40. The van der Waals surface area contributed by atoms with Gasteiger partial charge in [-0.15, -0.1) is 6.42 Å². The molecule has 2 rings (SSSR count). The number of halogens is 4. The highest BCUT2D eigenvalue weighted by Crippen LogP contribution is 2.37. The molecule has 12 heteroatoms. The van der Waals surface area contributed by atoms with E-state index < -0.39 is 29.3 Å². The first-order valence-electron chi connectivity index (χ1n) is 8.62. The summed E-state index contributed by atoms with van der Waals surface area (Å²) in [4.78, 5) is 18.0. The molecule has 1 unspecified atom stereocenters. The van der Waals surface area contributed by atoms with Crippen LogP contribution in [0, 0.1) is 17.6 Å². The monoisotopic (exact) mass is 479 g/mol. The zero-order chi connectivity index (χ0) is 22.3. The summed E-state index contributed by atoms with van der Waals surface area (Å²) in [5.74, 6) is 1.64. The summed E-state index contributed by atoms with van der Waals surface area (Å²) in [5.41, 5.74) is 0.504. The Hall–Kier alpha value is -2.16. The van der Waals surface area contributed by atoms with Gasteiger partial charge in [0.05, 0.1) is 12.1 Å². The standard InChI is InChI=1S/C18H17ClF3N3O3S2/c1-2-8-25(14(26)6-11-30(28)10-4-7-18(20,21)22)17-15(19)23-16(29-17)13-5-3-9-24(27)12-13/h1,3,5,9,12H,4,6-8,10-11H2. The van der Waals surface area contributed by atoms with Gasteiger partial charge in [-0.25, -0.2) is 4.98 Å². The van der Waals surface area contributed by atoms with Gasteiger partial charge in [-0.05, 0) is 12.5 Å². The number of terminal acetylenes is 1. The number of aromatic nitrogens is 2. The predicted octanol–water partition coefficient (Wildman–Crippen LogP) is 3.54. The van der Waals surface area contributed by atoms with E-state index in [1.165, 1.54) is 23.4 Å². The second-order valence-electron chi connectivity index (χ2n) is 6.07. The number of carbonyl (C=O) groups excluding carboxylic acids is 1. The van der Waals surface area contributed by atoms with Crippen molar-refractivity contribution in [2.75, 3.05) is 23.0 Å². The number of hydrogen-bond acceptors (Lipinski definition) is 5. The smallest absolute Gasteiger partial charge is 0.389 e. The van der Waals surface area contributed by atoms with Gasteiger partial charge in [0, 0.05) is 41.2 Å². The van der Waals surface area contributed by atoms with E-state index in [9.17, 15) is 27.4 Å². The van der Waals surface area contributed by atoms with Crippen LogP contribution < -0.4 is 9.63 Å². The van der Waals surface area contributed by atoms with Crippen LogP contribution in [0.25, 0.3) is 10.6 Å². The Morgan fingerprint density at radius 3 is 2.80 bits per heavy atom. The third-order valence-corrected chi connectivity index (χ3v) is 6.67. The Kier molecular flexibility index (Phi) is 8.64. The molecule has 0 aliphatic carbocycles. The lowest BCUT2D eigenvalue weighted by Crippen LogP contribution is -2.32. The van der Waals surface area contributed by atoms with Crippen molar-refractivity contribution in [1.29, 1.82) is 0 Å². The van der Waals surface area contributed by atoms with Crippen LogP contribution in [0.4, 0.5) is 18.2 Å². The molecule has 0 saturated heterocycles. The van der Waals surface area contributed by atoms with Crippen molar-refractivity contribution in [2.24, 2.45) is 0 Å². The number of rotatable bonds is 9. The molecule has 0 saturated carbocycles. The highest BCUT2D eigenvalue weighted by Gasteiger charge is 2.27. The van der Waals surface area contributed by atoms with E-state index in [0.29, 0.717) is 15.3 Å². The van der Waals surface area contributed by atoms with Gasteiger partial charge < -0.3 is 5.21 Å². The van der Waals surface area contributed by atoms with Gasteiger partial charge in [0.1, 0.15) is 10.0 Å². The predicted molar refractivity (Wildman–Crippen MR) is 110 cm³/mol. The van der Waals surface area contributed by atoms with Gasteiger partial charge in [-0.1, -0.05) is 28.9 Å². The summed E-state index contributed by atoms with van der Waals surface area (Å²) in [5, 5.41) is 12.2. The Labute approximate surface area is 182 Å². The lowest BCUT2D eigenvalue weighted by molar-refractivity contribution is -0.604. The Balaban J connectivity index is 2.05. The molecular formula is C18H17ClF3N3O3S2. The van der Waals surface area contributed by atoms with Crippen molar-refractivity contribution in [1.82, 2.24) is 4.98 Å². The molecule has 30 heavy (non-hydrogen) atoms. The Morgan fingerprint density at radius 2 is 2.17 bits per heavy atom. The van der Waals surface area contributed by atoms with Gasteiger partial charge in [0.25, 0.3) is 0 Å². The van der Waals surface area contributed by atoms with Crippen molar-refractivity contribution >= 4 is 44.6 Å². The molecule has 1 atom stereocenters. The number of carbonyl (C=O) groups is 1. The maximum absolute atomic E-state index is 12.6. The van der Waals surface area contributed by atoms with E-state index in [4.69, 9.17) is 18.0 Å². The maximum Gasteiger partial charge on any atom is 0.389 e. The number of alkyl halides is 3. The van der Waals surface area contributed by atoms with Crippen molar-refractivity contribution in [3.05, 3.63) is 34.9 Å². The average molecular weight is 480 g/mol. The van der Waals surface area contributed by atoms with E-state index in [-0.39, 0.29) is 41.0 Å². The summed E-state index contributed by atoms with van der Waals surface area (Å²) in [6, 6.07) is 3.19. The molecule has 2 heterocycles. The van der Waals surface area contributed by atoms with Gasteiger partial charge in [0.2, 0.25) is 5.91 Å². The topological polar surface area (TPSA) is 77.2 Å². The molecule has 2 aromatic rings. The lowest BCUT2D eigenvalue weighted by Gasteiger charge is -2.18. The van der Waals surface area contributed by atoms with Crippen molar-refractivity contribution < 1.29 is 26.9 Å². The molecule has 1 amide bonds. The SMILES string of the molecule is C#CCN(C(=O)CCS(=O)CCCC(F)(F)F)c1sc(-c2ccc[n+]([O-])c2)nc1Cl. The fraction of sp³-hybridized carbons (Fsp3) is 0.389. The second kappa shape index (κ2) is 10.7. The van der Waals surface area contributed by atoms with E-state index in [2.05, 4.69) is 10.9 Å². The zero-order valence-corrected chi connectivity index (χ0v) is 17.9. The number of amides is 1. The van der Waals surface area contributed by atoms with E-state index in [1.807, 2.05) is 0 Å². The highest BCUT2D eigenvalue weighted by molar-refractivity contribution is 7.84. The third-order valence-electron chi connectivity index (χ3n) is 3.76. The minimum absolute atomic E-state index is 0.0196. The summed E-state index contributed by atoms with van der Waals surface area (Å²) >= 11 is 7.23. The molecule has 6 nitrogen and oxygen atoms in total. The molecule has 0 bridgehead atoms. The summed E-state index contributed by atoms with van der Waals surface area (Å²) in [6.45, 7) is -0.114. The van der Waals surface area contributed by atoms with Crippen LogP contribution in [0.5, 0.6) is 0 Å². The minimum atomic E-state index is -4.30. The molecule has 162 valence electrons. The van der Waals surface area contributed by atoms with E-state index in [0.717, 1.165) is 11.3 Å². The van der Waals surface area contributed by atoms with Crippen molar-refractivity contribution in [3.63, 3.8) is 0 Å². The zero-order valence-electron chi connectivity index (χ0n) is 15.5. The van der Waals surface area contributed by atoms with Crippen molar-refractivity contribution in [2.45, 2.75) is 25.4 Å². The van der Waals surface area contributed by atoms with Crippen LogP contribution in [-0.2, 0) is 15.6 Å². The Morgan fingerprint density at radius 1 is 1.43 bits per heavy atom. The number of nitrogens with zero attached hydrogens (tertiary/aromatic N) is 3. The van der Waals surface area contributed by atoms with Crippen LogP contribution in [0.2, 0.25) is 5.15 Å². The molecule has 0 fully saturated rings. The van der Waals surface area contributed by atoms with Crippen LogP contribution in [-0.4, -0.2) is 39.3 Å². The molecule has 2 aromatic heterocycles. The minimum Gasteiger partial charge on any atom is -0.619 e. The molecule has 0 N–H and O–H groups in total. The van der Waals surface area contributed by atoms with Gasteiger partial charge in [-0.3, -0.25) is 13.9 Å².